The Kier molecular flexibility index (Phi) is 3.50. The minimum Gasteiger partial charge on any atom is -0.377 e. The van der Waals surface area contributed by atoms with Crippen LogP contribution in [0.1, 0.15) is 23.5 Å². The van der Waals surface area contributed by atoms with Crippen molar-refractivity contribution in [3.8, 4) is 0 Å². The second kappa shape index (κ2) is 4.87. The van der Waals surface area contributed by atoms with Crippen molar-refractivity contribution in [3.05, 3.63) is 16.1 Å². The lowest BCUT2D eigenvalue weighted by molar-refractivity contribution is 0.110. The Bertz CT molecular complexity index is 281. The van der Waals surface area contributed by atoms with Crippen molar-refractivity contribution in [2.45, 2.75) is 32.4 Å². The van der Waals surface area contributed by atoms with E-state index in [2.05, 4.69) is 15.7 Å². The molecule has 0 bridgehead atoms. The molecule has 0 saturated carbocycles. The van der Waals surface area contributed by atoms with Crippen LogP contribution in [0.2, 0.25) is 0 Å². The molecular formula is C10H16N2OS. The van der Waals surface area contributed by atoms with Crippen LogP contribution in [0.4, 0.5) is 0 Å². The monoisotopic (exact) mass is 212 g/mol. The van der Waals surface area contributed by atoms with Gasteiger partial charge in [-0.15, -0.1) is 11.3 Å². The zero-order valence-electron chi connectivity index (χ0n) is 8.45. The molecule has 0 radical (unpaired) electrons. The van der Waals surface area contributed by atoms with Gasteiger partial charge in [0, 0.05) is 30.8 Å². The normalized spacial score (nSPS) is 21.6. The summed E-state index contributed by atoms with van der Waals surface area (Å²) in [4.78, 5) is 4.39. The fourth-order valence-corrected chi connectivity index (χ4v) is 2.37. The van der Waals surface area contributed by atoms with E-state index < -0.39 is 0 Å². The molecule has 1 aromatic rings. The average molecular weight is 212 g/mol. The van der Waals surface area contributed by atoms with Crippen LogP contribution < -0.4 is 5.32 Å². The van der Waals surface area contributed by atoms with E-state index in [1.165, 1.54) is 17.8 Å². The van der Waals surface area contributed by atoms with Gasteiger partial charge < -0.3 is 10.1 Å². The number of nitrogens with one attached hydrogen (secondary N) is 1. The summed E-state index contributed by atoms with van der Waals surface area (Å²) in [5.41, 5.74) is 1.11. The molecule has 1 fully saturated rings. The van der Waals surface area contributed by atoms with Crippen molar-refractivity contribution in [2.24, 2.45) is 0 Å². The number of nitrogens with zero attached hydrogens (tertiary/aromatic N) is 1. The Morgan fingerprint density at radius 2 is 2.64 bits per heavy atom. The van der Waals surface area contributed by atoms with Gasteiger partial charge in [-0.1, -0.05) is 0 Å². The summed E-state index contributed by atoms with van der Waals surface area (Å²) in [6.45, 7) is 4.79. The van der Waals surface area contributed by atoms with E-state index in [9.17, 15) is 0 Å². The first kappa shape index (κ1) is 10.1. The van der Waals surface area contributed by atoms with Gasteiger partial charge in [0.1, 0.15) is 5.01 Å². The maximum atomic E-state index is 5.52. The number of aromatic nitrogens is 1. The highest BCUT2D eigenvalue weighted by molar-refractivity contribution is 7.09. The highest BCUT2D eigenvalue weighted by Gasteiger charge is 2.14. The molecule has 0 aliphatic carbocycles. The largest absolute Gasteiger partial charge is 0.377 e. The van der Waals surface area contributed by atoms with Gasteiger partial charge in [-0.2, -0.15) is 0 Å². The Hall–Kier alpha value is -0.450. The van der Waals surface area contributed by atoms with Gasteiger partial charge in [-0.25, -0.2) is 4.98 Å². The van der Waals surface area contributed by atoms with Crippen molar-refractivity contribution in [2.75, 3.05) is 13.2 Å². The zero-order valence-corrected chi connectivity index (χ0v) is 9.27. The van der Waals surface area contributed by atoms with E-state index >= 15 is 0 Å². The molecule has 4 heteroatoms. The molecule has 78 valence electrons. The molecule has 0 amide bonds. The van der Waals surface area contributed by atoms with Crippen LogP contribution in [-0.2, 0) is 11.3 Å². The molecule has 0 aromatic carbocycles. The third-order valence-corrected chi connectivity index (χ3v) is 3.31. The lowest BCUT2D eigenvalue weighted by Crippen LogP contribution is -2.25. The summed E-state index contributed by atoms with van der Waals surface area (Å²) in [7, 11) is 0. The second-order valence-corrected chi connectivity index (χ2v) is 4.59. The molecule has 1 aliphatic heterocycles. The van der Waals surface area contributed by atoms with Gasteiger partial charge in [0.15, 0.2) is 0 Å². The van der Waals surface area contributed by atoms with Gasteiger partial charge in [-0.3, -0.25) is 0 Å². The molecule has 14 heavy (non-hydrogen) atoms. The third kappa shape index (κ3) is 2.77. The van der Waals surface area contributed by atoms with Gasteiger partial charge >= 0.3 is 0 Å². The van der Waals surface area contributed by atoms with E-state index in [0.717, 1.165) is 25.4 Å². The summed E-state index contributed by atoms with van der Waals surface area (Å²) in [5.74, 6) is 0. The van der Waals surface area contributed by atoms with Gasteiger partial charge in [0.2, 0.25) is 0 Å². The summed E-state index contributed by atoms with van der Waals surface area (Å²) in [6, 6.07) is 0. The van der Waals surface area contributed by atoms with Crippen LogP contribution in [0.3, 0.4) is 0 Å². The maximum Gasteiger partial charge on any atom is 0.107 e. The molecular weight excluding hydrogens is 196 g/mol. The van der Waals surface area contributed by atoms with Crippen LogP contribution in [0.15, 0.2) is 5.38 Å². The SMILES string of the molecule is Cc1csc(CNC[C@@H]2CCCO2)n1. The first-order valence-electron chi connectivity index (χ1n) is 5.08. The zero-order chi connectivity index (χ0) is 9.80. The van der Waals surface area contributed by atoms with E-state index in [0.29, 0.717) is 6.10 Å². The van der Waals surface area contributed by atoms with Crippen molar-refractivity contribution < 1.29 is 4.74 Å². The van der Waals surface area contributed by atoms with Gasteiger partial charge in [-0.05, 0) is 19.8 Å². The van der Waals surface area contributed by atoms with Crippen molar-refractivity contribution in [3.63, 3.8) is 0 Å². The Labute approximate surface area is 88.5 Å². The summed E-state index contributed by atoms with van der Waals surface area (Å²) < 4.78 is 5.52. The quantitative estimate of drug-likeness (QED) is 0.825. The number of hydrogen-bond donors (Lipinski definition) is 1. The Balaban J connectivity index is 1.67. The lowest BCUT2D eigenvalue weighted by Gasteiger charge is -2.09. The maximum absolute atomic E-state index is 5.52. The molecule has 1 N–H and O–H groups in total. The number of rotatable bonds is 4. The molecule has 2 rings (SSSR count). The van der Waals surface area contributed by atoms with Crippen molar-refractivity contribution >= 4 is 11.3 Å². The molecule has 3 nitrogen and oxygen atoms in total. The van der Waals surface area contributed by atoms with Crippen LogP contribution in [0.5, 0.6) is 0 Å². The Morgan fingerprint density at radius 3 is 3.29 bits per heavy atom. The van der Waals surface area contributed by atoms with Crippen LogP contribution in [0, 0.1) is 6.92 Å². The molecule has 0 spiro atoms. The Morgan fingerprint density at radius 1 is 1.71 bits per heavy atom. The third-order valence-electron chi connectivity index (χ3n) is 2.34. The van der Waals surface area contributed by atoms with E-state index in [-0.39, 0.29) is 0 Å². The molecule has 1 aromatic heterocycles. The highest BCUT2D eigenvalue weighted by Crippen LogP contribution is 2.11. The van der Waals surface area contributed by atoms with E-state index in [1.807, 2.05) is 6.92 Å². The highest BCUT2D eigenvalue weighted by atomic mass is 32.1. The minimum atomic E-state index is 0.427. The molecule has 0 unspecified atom stereocenters. The number of aryl methyl sites for hydroxylation is 1. The molecule has 1 aliphatic rings. The summed E-state index contributed by atoms with van der Waals surface area (Å²) in [6.07, 6.45) is 2.84. The minimum absolute atomic E-state index is 0.427. The van der Waals surface area contributed by atoms with E-state index in [4.69, 9.17) is 4.74 Å². The van der Waals surface area contributed by atoms with Crippen molar-refractivity contribution in [1.29, 1.82) is 0 Å². The fraction of sp³-hybridized carbons (Fsp3) is 0.700. The smallest absolute Gasteiger partial charge is 0.107 e. The standard InChI is InChI=1S/C10H16N2OS/c1-8-7-14-10(12-8)6-11-5-9-3-2-4-13-9/h7,9,11H,2-6H2,1H3/t9-/m0/s1. The topological polar surface area (TPSA) is 34.1 Å². The second-order valence-electron chi connectivity index (χ2n) is 3.65. The fourth-order valence-electron chi connectivity index (χ4n) is 1.63. The number of hydrogen-bond acceptors (Lipinski definition) is 4. The molecule has 1 atom stereocenters. The molecule has 1 saturated heterocycles. The van der Waals surface area contributed by atoms with Gasteiger partial charge in [0.25, 0.3) is 0 Å². The summed E-state index contributed by atoms with van der Waals surface area (Å²) >= 11 is 1.72. The first-order chi connectivity index (χ1) is 6.84. The number of ether oxygens (including phenoxy) is 1. The van der Waals surface area contributed by atoms with Crippen LogP contribution in [0.25, 0.3) is 0 Å². The number of thiazole rings is 1. The van der Waals surface area contributed by atoms with Crippen molar-refractivity contribution in [1.82, 2.24) is 10.3 Å². The molecule has 2 heterocycles. The van der Waals surface area contributed by atoms with Crippen LogP contribution in [-0.4, -0.2) is 24.2 Å². The predicted octanol–water partition coefficient (Wildman–Crippen LogP) is 1.72. The van der Waals surface area contributed by atoms with Gasteiger partial charge in [0.05, 0.1) is 6.10 Å². The van der Waals surface area contributed by atoms with Crippen LogP contribution >= 0.6 is 11.3 Å². The lowest BCUT2D eigenvalue weighted by atomic mass is 10.2. The summed E-state index contributed by atoms with van der Waals surface area (Å²) in [5, 5.41) is 6.63. The van der Waals surface area contributed by atoms with E-state index in [1.54, 1.807) is 11.3 Å². The predicted molar refractivity (Wildman–Crippen MR) is 57.5 cm³/mol. The first-order valence-corrected chi connectivity index (χ1v) is 5.96. The average Bonchev–Trinajstić information content (AvgIpc) is 2.77.